The van der Waals surface area contributed by atoms with Crippen molar-refractivity contribution in [3.8, 4) is 0 Å². The van der Waals surface area contributed by atoms with Gasteiger partial charge in [-0.25, -0.2) is 0 Å². The molecule has 2 rings (SSSR count). The maximum absolute atomic E-state index is 5.64. The van der Waals surface area contributed by atoms with Gasteiger partial charge in [-0.05, 0) is 44.1 Å². The van der Waals surface area contributed by atoms with Crippen LogP contribution in [0.25, 0.3) is 0 Å². The lowest BCUT2D eigenvalue weighted by Gasteiger charge is -2.34. The molecule has 2 unspecified atom stereocenters. The van der Waals surface area contributed by atoms with Crippen molar-refractivity contribution in [2.75, 3.05) is 46.4 Å². The lowest BCUT2D eigenvalue weighted by Crippen LogP contribution is -2.46. The van der Waals surface area contributed by atoms with Crippen molar-refractivity contribution in [2.24, 2.45) is 16.8 Å². The molecular formula is C17H34N4O. The van der Waals surface area contributed by atoms with Gasteiger partial charge in [0, 0.05) is 39.8 Å². The van der Waals surface area contributed by atoms with E-state index in [-0.39, 0.29) is 0 Å². The lowest BCUT2D eigenvalue weighted by molar-refractivity contribution is 0.113. The van der Waals surface area contributed by atoms with Crippen molar-refractivity contribution in [3.05, 3.63) is 0 Å². The van der Waals surface area contributed by atoms with Gasteiger partial charge in [-0.15, -0.1) is 0 Å². The van der Waals surface area contributed by atoms with Crippen LogP contribution in [-0.4, -0.2) is 63.3 Å². The highest BCUT2D eigenvalue weighted by Crippen LogP contribution is 2.16. The molecule has 2 aliphatic heterocycles. The molecule has 2 aliphatic rings. The monoisotopic (exact) mass is 310 g/mol. The summed E-state index contributed by atoms with van der Waals surface area (Å²) >= 11 is 0. The topological polar surface area (TPSA) is 48.9 Å². The molecule has 0 radical (unpaired) electrons. The number of nitrogens with one attached hydrogen (secondary N) is 2. The van der Waals surface area contributed by atoms with E-state index >= 15 is 0 Å². The SMILES string of the molecule is CN=C(NCC1CCCN(CC(C)C)C1)NCC1CCCO1. The van der Waals surface area contributed by atoms with Crippen molar-refractivity contribution in [3.63, 3.8) is 0 Å². The van der Waals surface area contributed by atoms with Crippen LogP contribution in [0.5, 0.6) is 0 Å². The van der Waals surface area contributed by atoms with Gasteiger partial charge in [-0.3, -0.25) is 4.99 Å². The molecule has 0 bridgehead atoms. The fourth-order valence-electron chi connectivity index (χ4n) is 3.48. The molecule has 2 saturated heterocycles. The number of nitrogens with zero attached hydrogens (tertiary/aromatic N) is 2. The van der Waals surface area contributed by atoms with Gasteiger partial charge in [-0.2, -0.15) is 0 Å². The van der Waals surface area contributed by atoms with Crippen LogP contribution in [0, 0.1) is 11.8 Å². The fraction of sp³-hybridized carbons (Fsp3) is 0.941. The van der Waals surface area contributed by atoms with Gasteiger partial charge in [0.1, 0.15) is 0 Å². The van der Waals surface area contributed by atoms with Gasteiger partial charge >= 0.3 is 0 Å². The smallest absolute Gasteiger partial charge is 0.191 e. The van der Waals surface area contributed by atoms with Gasteiger partial charge < -0.3 is 20.3 Å². The first kappa shape index (κ1) is 17.5. The molecule has 0 aromatic rings. The maximum Gasteiger partial charge on any atom is 0.191 e. The summed E-state index contributed by atoms with van der Waals surface area (Å²) in [5, 5.41) is 6.89. The fourth-order valence-corrected chi connectivity index (χ4v) is 3.48. The molecule has 0 aliphatic carbocycles. The Balaban J connectivity index is 1.66. The second-order valence-corrected chi connectivity index (χ2v) is 7.13. The van der Waals surface area contributed by atoms with Gasteiger partial charge in [0.15, 0.2) is 5.96 Å². The van der Waals surface area contributed by atoms with Crippen molar-refractivity contribution in [2.45, 2.75) is 45.6 Å². The Kier molecular flexibility index (Phi) is 7.46. The van der Waals surface area contributed by atoms with E-state index in [1.807, 2.05) is 7.05 Å². The summed E-state index contributed by atoms with van der Waals surface area (Å²) in [6.07, 6.45) is 5.35. The van der Waals surface area contributed by atoms with E-state index in [1.165, 1.54) is 38.9 Å². The van der Waals surface area contributed by atoms with Gasteiger partial charge in [0.05, 0.1) is 6.10 Å². The number of guanidine groups is 1. The predicted molar refractivity (Wildman–Crippen MR) is 92.3 cm³/mol. The number of aliphatic imine (C=N–C) groups is 1. The first-order valence-electron chi connectivity index (χ1n) is 8.96. The Morgan fingerprint density at radius 1 is 1.23 bits per heavy atom. The van der Waals surface area contributed by atoms with E-state index in [0.717, 1.165) is 43.9 Å². The summed E-state index contributed by atoms with van der Waals surface area (Å²) in [5.41, 5.74) is 0. The Bertz CT molecular complexity index is 340. The Labute approximate surface area is 135 Å². The number of rotatable bonds is 6. The van der Waals surface area contributed by atoms with Crippen LogP contribution >= 0.6 is 0 Å². The zero-order valence-electron chi connectivity index (χ0n) is 14.6. The first-order chi connectivity index (χ1) is 10.7. The normalized spacial score (nSPS) is 27.4. The summed E-state index contributed by atoms with van der Waals surface area (Å²) in [6, 6.07) is 0. The average molecular weight is 310 g/mol. The highest BCUT2D eigenvalue weighted by molar-refractivity contribution is 5.79. The van der Waals surface area contributed by atoms with Crippen LogP contribution in [0.2, 0.25) is 0 Å². The van der Waals surface area contributed by atoms with Crippen molar-refractivity contribution >= 4 is 5.96 Å². The van der Waals surface area contributed by atoms with E-state index in [1.54, 1.807) is 0 Å². The number of hydrogen-bond acceptors (Lipinski definition) is 3. The third kappa shape index (κ3) is 6.13. The van der Waals surface area contributed by atoms with E-state index in [4.69, 9.17) is 4.74 Å². The minimum absolute atomic E-state index is 0.356. The van der Waals surface area contributed by atoms with Gasteiger partial charge in [-0.1, -0.05) is 13.8 Å². The van der Waals surface area contributed by atoms with Crippen molar-refractivity contribution in [1.29, 1.82) is 0 Å². The van der Waals surface area contributed by atoms with E-state index in [0.29, 0.717) is 6.10 Å². The lowest BCUT2D eigenvalue weighted by atomic mass is 9.97. The van der Waals surface area contributed by atoms with Gasteiger partial charge in [0.2, 0.25) is 0 Å². The zero-order valence-corrected chi connectivity index (χ0v) is 14.6. The molecule has 22 heavy (non-hydrogen) atoms. The highest BCUT2D eigenvalue weighted by atomic mass is 16.5. The maximum atomic E-state index is 5.64. The number of piperidine rings is 1. The van der Waals surface area contributed by atoms with Crippen molar-refractivity contribution in [1.82, 2.24) is 15.5 Å². The van der Waals surface area contributed by atoms with Crippen LogP contribution < -0.4 is 10.6 Å². The Morgan fingerprint density at radius 2 is 2.05 bits per heavy atom. The van der Waals surface area contributed by atoms with E-state index in [9.17, 15) is 0 Å². The summed E-state index contributed by atoms with van der Waals surface area (Å²) < 4.78 is 5.64. The molecule has 5 nitrogen and oxygen atoms in total. The van der Waals surface area contributed by atoms with Gasteiger partial charge in [0.25, 0.3) is 0 Å². The second kappa shape index (κ2) is 9.36. The second-order valence-electron chi connectivity index (χ2n) is 7.13. The molecular weight excluding hydrogens is 276 g/mol. The molecule has 2 atom stereocenters. The first-order valence-corrected chi connectivity index (χ1v) is 8.96. The standard InChI is InChI=1S/C17H34N4O/c1-14(2)12-21-8-4-6-15(13-21)10-19-17(18-3)20-11-16-7-5-9-22-16/h14-16H,4-13H2,1-3H3,(H2,18,19,20). The molecule has 0 aromatic carbocycles. The minimum atomic E-state index is 0.356. The highest BCUT2D eigenvalue weighted by Gasteiger charge is 2.21. The Hall–Kier alpha value is -0.810. The predicted octanol–water partition coefficient (Wildman–Crippen LogP) is 1.70. The van der Waals surface area contributed by atoms with E-state index < -0.39 is 0 Å². The Morgan fingerprint density at radius 3 is 2.73 bits per heavy atom. The van der Waals surface area contributed by atoms with Crippen LogP contribution in [0.1, 0.15) is 39.5 Å². The van der Waals surface area contributed by atoms with Crippen LogP contribution in [0.3, 0.4) is 0 Å². The van der Waals surface area contributed by atoms with E-state index in [2.05, 4.69) is 34.4 Å². The summed E-state index contributed by atoms with van der Waals surface area (Å²) in [4.78, 5) is 6.94. The number of ether oxygens (including phenoxy) is 1. The van der Waals surface area contributed by atoms with Crippen molar-refractivity contribution < 1.29 is 4.74 Å². The zero-order chi connectivity index (χ0) is 15.8. The molecule has 0 amide bonds. The van der Waals surface area contributed by atoms with Crippen LogP contribution in [0.4, 0.5) is 0 Å². The molecule has 5 heteroatoms. The summed E-state index contributed by atoms with van der Waals surface area (Å²) in [5.74, 6) is 2.40. The largest absolute Gasteiger partial charge is 0.376 e. The molecule has 0 aromatic heterocycles. The third-order valence-corrected chi connectivity index (χ3v) is 4.53. The molecule has 0 spiro atoms. The minimum Gasteiger partial charge on any atom is -0.376 e. The molecule has 2 heterocycles. The molecule has 2 fully saturated rings. The quantitative estimate of drug-likeness (QED) is 0.579. The molecule has 2 N–H and O–H groups in total. The third-order valence-electron chi connectivity index (χ3n) is 4.53. The molecule has 128 valence electrons. The summed E-state index contributed by atoms with van der Waals surface area (Å²) in [7, 11) is 1.84. The summed E-state index contributed by atoms with van der Waals surface area (Å²) in [6.45, 7) is 11.1. The van der Waals surface area contributed by atoms with Crippen LogP contribution in [-0.2, 0) is 4.74 Å². The number of likely N-dealkylation sites (tertiary alicyclic amines) is 1. The molecule has 0 saturated carbocycles. The number of hydrogen-bond donors (Lipinski definition) is 2. The van der Waals surface area contributed by atoms with Crippen LogP contribution in [0.15, 0.2) is 4.99 Å². The average Bonchev–Trinajstić information content (AvgIpc) is 3.00.